The molecule has 2 aromatic carbocycles. The van der Waals surface area contributed by atoms with Crippen LogP contribution in [0.3, 0.4) is 0 Å². The van der Waals surface area contributed by atoms with Crippen molar-refractivity contribution in [3.8, 4) is 11.1 Å². The van der Waals surface area contributed by atoms with Crippen molar-refractivity contribution in [3.63, 3.8) is 0 Å². The van der Waals surface area contributed by atoms with E-state index in [1.165, 1.54) is 29.2 Å². The van der Waals surface area contributed by atoms with Crippen LogP contribution >= 0.6 is 8.25 Å². The second-order valence-electron chi connectivity index (χ2n) is 5.68. The normalized spacial score (nSPS) is 13.0. The standard InChI is InChI=1S/C18H17O2.ClH.Hg/c1-3-18(20-12(2)19)15-9-8-14-10-13-6-4-5-7-16(13)17(14)11-15;;/h4-9,11,18H,1,3,10H2,2H3;1H;/q;;+1/p-1. The third-order valence-corrected chi connectivity index (χ3v) is 9.07. The van der Waals surface area contributed by atoms with Gasteiger partial charge in [-0.2, -0.15) is 0 Å². The Balaban J connectivity index is 1.94. The van der Waals surface area contributed by atoms with Crippen LogP contribution < -0.4 is 0 Å². The molecule has 4 heteroatoms. The fourth-order valence-electron chi connectivity index (χ4n) is 3.10. The summed E-state index contributed by atoms with van der Waals surface area (Å²) in [5.41, 5.74) is 6.39. The van der Waals surface area contributed by atoms with Crippen molar-refractivity contribution in [3.05, 3.63) is 59.2 Å². The molecule has 0 bridgehead atoms. The summed E-state index contributed by atoms with van der Waals surface area (Å²) in [5, 5.41) is 0. The number of fused-ring (bicyclic) bond motifs is 3. The Hall–Kier alpha value is -0.865. The summed E-state index contributed by atoms with van der Waals surface area (Å²) < 4.78 is 6.57. The molecular weight excluding hydrogens is 484 g/mol. The molecule has 0 N–H and O–H groups in total. The molecule has 0 heterocycles. The fraction of sp³-hybridized carbons (Fsp3) is 0.278. The molecule has 0 aliphatic heterocycles. The van der Waals surface area contributed by atoms with Crippen LogP contribution in [0, 0.1) is 0 Å². The summed E-state index contributed by atoms with van der Waals surface area (Å²) in [6, 6.07) is 15.0. The summed E-state index contributed by atoms with van der Waals surface area (Å²) in [6.45, 7) is 1.47. The van der Waals surface area contributed by atoms with E-state index in [0.29, 0.717) is 0 Å². The number of hydrogen-bond donors (Lipinski definition) is 0. The number of hydrogen-bond acceptors (Lipinski definition) is 2. The van der Waals surface area contributed by atoms with E-state index < -0.39 is 23.3 Å². The van der Waals surface area contributed by atoms with E-state index in [0.717, 1.165) is 22.3 Å². The van der Waals surface area contributed by atoms with Crippen molar-refractivity contribution < 1.29 is 32.9 Å². The summed E-state index contributed by atoms with van der Waals surface area (Å²) in [4.78, 5) is 11.4. The van der Waals surface area contributed by atoms with Gasteiger partial charge in [-0.15, -0.1) is 0 Å². The number of halogens is 1. The number of carbonyl (C=O) groups is 1. The van der Waals surface area contributed by atoms with E-state index in [1.54, 1.807) is 0 Å². The molecule has 1 aliphatic rings. The Bertz CT molecular complexity index is 699. The van der Waals surface area contributed by atoms with Crippen LogP contribution in [0.2, 0.25) is 3.93 Å². The molecule has 1 unspecified atom stereocenters. The average Bonchev–Trinajstić information content (AvgIpc) is 2.89. The van der Waals surface area contributed by atoms with Crippen molar-refractivity contribution in [2.75, 3.05) is 0 Å². The number of rotatable bonds is 5. The minimum absolute atomic E-state index is 0.158. The van der Waals surface area contributed by atoms with Crippen LogP contribution in [0.25, 0.3) is 11.1 Å². The van der Waals surface area contributed by atoms with Crippen LogP contribution in [0.5, 0.6) is 0 Å². The molecular formula is C18H17ClHgO2. The third-order valence-electron chi connectivity index (χ3n) is 4.10. The molecule has 1 aliphatic carbocycles. The van der Waals surface area contributed by atoms with E-state index in [4.69, 9.17) is 13.0 Å². The number of esters is 1. The molecule has 0 radical (unpaired) electrons. The molecule has 0 saturated carbocycles. The van der Waals surface area contributed by atoms with E-state index in [9.17, 15) is 4.79 Å². The van der Waals surface area contributed by atoms with Crippen molar-refractivity contribution in [2.45, 2.75) is 29.8 Å². The summed E-state index contributed by atoms with van der Waals surface area (Å²) in [7, 11) is 6.01. The quantitative estimate of drug-likeness (QED) is 0.367. The van der Waals surface area contributed by atoms with E-state index in [-0.39, 0.29) is 12.1 Å². The average molecular weight is 501 g/mol. The molecule has 3 rings (SSSR count). The van der Waals surface area contributed by atoms with Gasteiger partial charge in [0.15, 0.2) is 0 Å². The molecule has 2 aromatic rings. The van der Waals surface area contributed by atoms with Crippen molar-refractivity contribution in [1.82, 2.24) is 0 Å². The van der Waals surface area contributed by atoms with E-state index in [2.05, 4.69) is 42.5 Å². The molecule has 1 atom stereocenters. The van der Waals surface area contributed by atoms with Gasteiger partial charge in [-0.25, -0.2) is 0 Å². The van der Waals surface area contributed by atoms with Gasteiger partial charge in [-0.05, 0) is 0 Å². The molecule has 0 saturated heterocycles. The summed E-state index contributed by atoms with van der Waals surface area (Å²) >= 11 is -1.22. The van der Waals surface area contributed by atoms with Crippen LogP contribution in [-0.2, 0) is 39.3 Å². The number of benzene rings is 2. The maximum atomic E-state index is 11.4. The monoisotopic (exact) mass is 502 g/mol. The van der Waals surface area contributed by atoms with Crippen LogP contribution in [0.4, 0.5) is 0 Å². The van der Waals surface area contributed by atoms with Gasteiger partial charge in [-0.1, -0.05) is 0 Å². The molecule has 110 valence electrons. The molecule has 0 aromatic heterocycles. The Kier molecular flexibility index (Phi) is 5.20. The van der Waals surface area contributed by atoms with Crippen LogP contribution in [0.1, 0.15) is 36.1 Å². The Morgan fingerprint density at radius 2 is 2.00 bits per heavy atom. The van der Waals surface area contributed by atoms with Crippen LogP contribution in [-0.4, -0.2) is 5.97 Å². The SMILES string of the molecule is CC(=O)OC(C[CH2][Hg][Cl])c1ccc2c(c1)-c1ccccc1C2. The van der Waals surface area contributed by atoms with Crippen molar-refractivity contribution in [1.29, 1.82) is 0 Å². The maximum absolute atomic E-state index is 11.4. The first-order valence-corrected chi connectivity index (χ1v) is 18.3. The summed E-state index contributed by atoms with van der Waals surface area (Å²) in [6.07, 6.45) is 1.68. The predicted molar refractivity (Wildman–Crippen MR) is 84.5 cm³/mol. The van der Waals surface area contributed by atoms with Gasteiger partial charge < -0.3 is 0 Å². The zero-order chi connectivity index (χ0) is 15.5. The Morgan fingerprint density at radius 1 is 1.23 bits per heavy atom. The van der Waals surface area contributed by atoms with Gasteiger partial charge in [0.2, 0.25) is 0 Å². The molecule has 2 nitrogen and oxygen atoms in total. The Labute approximate surface area is 146 Å². The molecule has 22 heavy (non-hydrogen) atoms. The first-order chi connectivity index (χ1) is 10.7. The van der Waals surface area contributed by atoms with Gasteiger partial charge in [-0.3, -0.25) is 0 Å². The van der Waals surface area contributed by atoms with Crippen molar-refractivity contribution in [2.24, 2.45) is 0 Å². The van der Waals surface area contributed by atoms with Gasteiger partial charge in [0, 0.05) is 0 Å². The van der Waals surface area contributed by atoms with E-state index >= 15 is 0 Å². The Morgan fingerprint density at radius 3 is 2.77 bits per heavy atom. The van der Waals surface area contributed by atoms with Gasteiger partial charge >= 0.3 is 147 Å². The number of carbonyl (C=O) groups excluding carboxylic acids is 1. The van der Waals surface area contributed by atoms with Crippen LogP contribution in [0.15, 0.2) is 42.5 Å². The predicted octanol–water partition coefficient (Wildman–Crippen LogP) is 4.91. The molecule has 0 spiro atoms. The minimum atomic E-state index is -1.22. The van der Waals surface area contributed by atoms with E-state index in [1.807, 2.05) is 0 Å². The number of ether oxygens (including phenoxy) is 1. The van der Waals surface area contributed by atoms with Crippen molar-refractivity contribution >= 4 is 14.2 Å². The third kappa shape index (κ3) is 3.38. The first kappa shape index (κ1) is 16.0. The topological polar surface area (TPSA) is 26.3 Å². The van der Waals surface area contributed by atoms with Gasteiger partial charge in [0.25, 0.3) is 0 Å². The van der Waals surface area contributed by atoms with Gasteiger partial charge in [0.1, 0.15) is 0 Å². The van der Waals surface area contributed by atoms with Gasteiger partial charge in [0.05, 0.1) is 0 Å². The zero-order valence-electron chi connectivity index (χ0n) is 12.6. The zero-order valence-corrected chi connectivity index (χ0v) is 18.9. The summed E-state index contributed by atoms with van der Waals surface area (Å²) in [5.74, 6) is -0.225. The first-order valence-electron chi connectivity index (χ1n) is 7.63. The molecule has 0 amide bonds. The second-order valence-corrected chi connectivity index (χ2v) is 13.2. The molecule has 0 fully saturated rings. The second kappa shape index (κ2) is 7.14. The fourth-order valence-corrected chi connectivity index (χ4v) is 6.49.